The van der Waals surface area contributed by atoms with E-state index < -0.39 is 0 Å². The third-order valence-electron chi connectivity index (χ3n) is 2.88. The van der Waals surface area contributed by atoms with E-state index in [1.807, 2.05) is 33.1 Å². The largest absolute Gasteiger partial charge is 0.361 e. The van der Waals surface area contributed by atoms with Crippen molar-refractivity contribution in [2.45, 2.75) is 0 Å². The normalized spacial score (nSPS) is 10.2. The summed E-state index contributed by atoms with van der Waals surface area (Å²) in [7, 11) is 7.53. The highest BCUT2D eigenvalue weighted by molar-refractivity contribution is 6.35. The van der Waals surface area contributed by atoms with Crippen LogP contribution in [0.3, 0.4) is 0 Å². The second-order valence-corrected chi connectivity index (χ2v) is 6.23. The Hall–Kier alpha value is -2.27. The van der Waals surface area contributed by atoms with Crippen LogP contribution in [0.1, 0.15) is 0 Å². The van der Waals surface area contributed by atoms with E-state index in [2.05, 4.69) is 45.2 Å². The second-order valence-electron chi connectivity index (χ2n) is 5.20. The SMILES string of the molecule is CN(C)c1nc(Cl)nc2nc[nH]c12.CNC.Clc1nc(Cl)c2[nH]cnc2n1. The molecule has 0 radical (unpaired) electrons. The summed E-state index contributed by atoms with van der Waals surface area (Å²) >= 11 is 16.9. The van der Waals surface area contributed by atoms with Gasteiger partial charge in [0.2, 0.25) is 10.6 Å². The van der Waals surface area contributed by atoms with Gasteiger partial charge >= 0.3 is 0 Å². The zero-order chi connectivity index (χ0) is 20.0. The van der Waals surface area contributed by atoms with Crippen molar-refractivity contribution in [3.8, 4) is 0 Å². The number of anilines is 1. The van der Waals surface area contributed by atoms with Crippen molar-refractivity contribution in [2.75, 3.05) is 33.1 Å². The number of imidazole rings is 2. The van der Waals surface area contributed by atoms with Gasteiger partial charge in [-0.3, -0.25) is 0 Å². The Kier molecular flexibility index (Phi) is 7.48. The quantitative estimate of drug-likeness (QED) is 0.310. The van der Waals surface area contributed by atoms with Crippen molar-refractivity contribution in [3.63, 3.8) is 0 Å². The summed E-state index contributed by atoms with van der Waals surface area (Å²) in [4.78, 5) is 31.1. The number of halogens is 3. The Morgan fingerprint density at radius 2 is 1.30 bits per heavy atom. The third kappa shape index (κ3) is 5.36. The van der Waals surface area contributed by atoms with Gasteiger partial charge in [0.15, 0.2) is 22.3 Å². The molecule has 0 saturated heterocycles. The fourth-order valence-electron chi connectivity index (χ4n) is 1.89. The minimum Gasteiger partial charge on any atom is -0.361 e. The van der Waals surface area contributed by atoms with Gasteiger partial charge in [0, 0.05) is 14.1 Å². The summed E-state index contributed by atoms with van der Waals surface area (Å²) in [5.41, 5.74) is 2.48. The third-order valence-corrected chi connectivity index (χ3v) is 3.49. The lowest BCUT2D eigenvalue weighted by molar-refractivity contribution is 1.02. The molecule has 27 heavy (non-hydrogen) atoms. The van der Waals surface area contributed by atoms with Crippen LogP contribution < -0.4 is 10.2 Å². The first-order chi connectivity index (χ1) is 12.9. The second kappa shape index (κ2) is 9.60. The maximum Gasteiger partial charge on any atom is 0.226 e. The maximum atomic E-state index is 5.72. The molecular formula is C14H17Cl3N10. The molecule has 0 aliphatic carbocycles. The number of hydrogen-bond acceptors (Lipinski definition) is 8. The average molecular weight is 432 g/mol. The molecule has 0 amide bonds. The van der Waals surface area contributed by atoms with E-state index in [0.29, 0.717) is 16.8 Å². The number of fused-ring (bicyclic) bond motifs is 2. The van der Waals surface area contributed by atoms with E-state index >= 15 is 0 Å². The van der Waals surface area contributed by atoms with E-state index in [4.69, 9.17) is 34.8 Å². The molecule has 0 aromatic carbocycles. The minimum absolute atomic E-state index is 0.106. The summed E-state index contributed by atoms with van der Waals surface area (Å²) in [6.45, 7) is 0. The van der Waals surface area contributed by atoms with Crippen molar-refractivity contribution in [3.05, 3.63) is 28.4 Å². The molecule has 0 saturated carbocycles. The Bertz CT molecular complexity index is 1010. The molecule has 3 N–H and O–H groups in total. The molecule has 4 heterocycles. The van der Waals surface area contributed by atoms with Gasteiger partial charge in [-0.15, -0.1) is 0 Å². The van der Waals surface area contributed by atoms with Gasteiger partial charge in [0.1, 0.15) is 11.0 Å². The predicted octanol–water partition coefficient (Wildman–Crippen LogP) is 2.57. The fraction of sp³-hybridized carbons (Fsp3) is 0.286. The highest BCUT2D eigenvalue weighted by Crippen LogP contribution is 2.20. The molecule has 144 valence electrons. The van der Waals surface area contributed by atoms with Crippen LogP contribution in [0.2, 0.25) is 15.7 Å². The number of rotatable bonds is 1. The maximum absolute atomic E-state index is 5.72. The van der Waals surface area contributed by atoms with Crippen molar-refractivity contribution in [1.82, 2.24) is 45.2 Å². The van der Waals surface area contributed by atoms with Gasteiger partial charge in [-0.1, -0.05) is 11.6 Å². The molecule has 0 spiro atoms. The van der Waals surface area contributed by atoms with Crippen LogP contribution in [0.4, 0.5) is 5.82 Å². The van der Waals surface area contributed by atoms with Crippen molar-refractivity contribution in [2.24, 2.45) is 0 Å². The molecule has 13 heteroatoms. The summed E-state index contributed by atoms with van der Waals surface area (Å²) in [6, 6.07) is 0. The van der Waals surface area contributed by atoms with Crippen LogP contribution in [-0.2, 0) is 0 Å². The Labute approximate surface area is 169 Å². The smallest absolute Gasteiger partial charge is 0.226 e. The highest BCUT2D eigenvalue weighted by atomic mass is 35.5. The molecule has 0 fully saturated rings. The lowest BCUT2D eigenvalue weighted by Crippen LogP contribution is -2.11. The first-order valence-electron chi connectivity index (χ1n) is 7.51. The van der Waals surface area contributed by atoms with Gasteiger partial charge in [0.25, 0.3) is 0 Å². The van der Waals surface area contributed by atoms with E-state index in [-0.39, 0.29) is 15.7 Å². The number of hydrogen-bond donors (Lipinski definition) is 3. The topological polar surface area (TPSA) is 124 Å². The minimum atomic E-state index is 0.106. The lowest BCUT2D eigenvalue weighted by atomic mass is 10.5. The van der Waals surface area contributed by atoms with Crippen molar-refractivity contribution >= 4 is 62.9 Å². The molecule has 0 atom stereocenters. The van der Waals surface area contributed by atoms with Crippen LogP contribution in [-0.4, -0.2) is 68.1 Å². The van der Waals surface area contributed by atoms with E-state index in [9.17, 15) is 0 Å². The molecule has 4 rings (SSSR count). The van der Waals surface area contributed by atoms with E-state index in [1.54, 1.807) is 6.33 Å². The van der Waals surface area contributed by atoms with E-state index in [0.717, 1.165) is 11.3 Å². The number of nitrogens with zero attached hydrogens (tertiary/aromatic N) is 7. The van der Waals surface area contributed by atoms with Crippen LogP contribution in [0.15, 0.2) is 12.7 Å². The molecule has 10 nitrogen and oxygen atoms in total. The van der Waals surface area contributed by atoms with Crippen LogP contribution in [0.25, 0.3) is 22.3 Å². The molecular weight excluding hydrogens is 415 g/mol. The lowest BCUT2D eigenvalue weighted by Gasteiger charge is -2.10. The predicted molar refractivity (Wildman–Crippen MR) is 108 cm³/mol. The first kappa shape index (κ1) is 21.0. The van der Waals surface area contributed by atoms with Crippen LogP contribution in [0, 0.1) is 0 Å². The van der Waals surface area contributed by atoms with Crippen LogP contribution in [0.5, 0.6) is 0 Å². The molecule has 0 bridgehead atoms. The summed E-state index contributed by atoms with van der Waals surface area (Å²) in [5.74, 6) is 0.743. The zero-order valence-electron chi connectivity index (χ0n) is 14.9. The van der Waals surface area contributed by atoms with E-state index in [1.165, 1.54) is 6.33 Å². The molecule has 4 aromatic heterocycles. The van der Waals surface area contributed by atoms with Gasteiger partial charge in [-0.2, -0.15) is 15.0 Å². The average Bonchev–Trinajstić information content (AvgIpc) is 3.24. The number of aromatic amines is 2. The van der Waals surface area contributed by atoms with Gasteiger partial charge in [-0.25, -0.2) is 15.0 Å². The molecule has 4 aromatic rings. The Morgan fingerprint density at radius 3 is 1.85 bits per heavy atom. The van der Waals surface area contributed by atoms with Crippen molar-refractivity contribution in [1.29, 1.82) is 0 Å². The van der Waals surface area contributed by atoms with Crippen molar-refractivity contribution < 1.29 is 0 Å². The standard InChI is InChI=1S/C7H8ClN5.C5H2Cl2N4.C2H7N/c1-13(2)6-4-5(10-3-9-4)11-7(8)12-6;6-3-2-4(9-1-8-2)11-5(7)10-3;1-3-2/h3H,1-2H3,(H,9,10,11,12);1H,(H,8,9,10,11);3H,1-2H3. The molecule has 0 unspecified atom stereocenters. The summed E-state index contributed by atoms with van der Waals surface area (Å²) < 4.78 is 0. The number of aromatic nitrogens is 8. The van der Waals surface area contributed by atoms with Gasteiger partial charge < -0.3 is 20.2 Å². The first-order valence-corrected chi connectivity index (χ1v) is 8.65. The Balaban J connectivity index is 0.000000171. The summed E-state index contributed by atoms with van der Waals surface area (Å²) in [6.07, 6.45) is 3.06. The van der Waals surface area contributed by atoms with Crippen LogP contribution >= 0.6 is 34.8 Å². The Morgan fingerprint density at radius 1 is 0.815 bits per heavy atom. The monoisotopic (exact) mass is 430 g/mol. The highest BCUT2D eigenvalue weighted by Gasteiger charge is 2.09. The fourth-order valence-corrected chi connectivity index (χ4v) is 2.48. The summed E-state index contributed by atoms with van der Waals surface area (Å²) in [5, 5.41) is 3.36. The molecule has 0 aliphatic heterocycles. The van der Waals surface area contributed by atoms with Gasteiger partial charge in [0.05, 0.1) is 12.7 Å². The zero-order valence-corrected chi connectivity index (χ0v) is 17.2. The number of nitrogens with one attached hydrogen (secondary N) is 3. The van der Waals surface area contributed by atoms with Gasteiger partial charge in [-0.05, 0) is 37.3 Å². The molecule has 0 aliphatic rings. The number of H-pyrrole nitrogens is 2.